The van der Waals surface area contributed by atoms with Crippen molar-refractivity contribution < 1.29 is 13.2 Å². The second kappa shape index (κ2) is 10.7. The monoisotopic (exact) mass is 541 g/mol. The Morgan fingerprint density at radius 3 is 2.40 bits per heavy atom. The van der Waals surface area contributed by atoms with Gasteiger partial charge < -0.3 is 9.47 Å². The van der Waals surface area contributed by atoms with Gasteiger partial charge in [-0.2, -0.15) is 18.4 Å². The summed E-state index contributed by atoms with van der Waals surface area (Å²) in [4.78, 5) is 9.55. The van der Waals surface area contributed by atoms with Gasteiger partial charge in [0.1, 0.15) is 12.0 Å². The van der Waals surface area contributed by atoms with Crippen LogP contribution in [0.3, 0.4) is 0 Å². The molecule has 0 aliphatic heterocycles. The predicted molar refractivity (Wildman–Crippen MR) is 126 cm³/mol. The molecule has 2 aromatic heterocycles. The normalized spacial score (nSPS) is 11.3. The third kappa shape index (κ3) is 6.42. The van der Waals surface area contributed by atoms with Crippen LogP contribution in [-0.2, 0) is 25.7 Å². The standard InChI is InChI=1S/C24H19BrF3N7/c25-20-7-5-17(6-8-20)10-12-34(23-30-11-9-21(32-23)24(26,27)28)15-22-33-31-16-35(22)14-19-3-1-18(13-29)2-4-19/h1-9,11,16H,10,12,14-15H2. The summed E-state index contributed by atoms with van der Waals surface area (Å²) >= 11 is 3.40. The number of halogens is 4. The summed E-state index contributed by atoms with van der Waals surface area (Å²) in [6.45, 7) is 0.971. The first-order chi connectivity index (χ1) is 16.8. The number of alkyl halides is 3. The summed E-state index contributed by atoms with van der Waals surface area (Å²) in [6.07, 6.45) is -1.34. The maximum absolute atomic E-state index is 13.3. The van der Waals surface area contributed by atoms with Crippen molar-refractivity contribution in [2.45, 2.75) is 25.7 Å². The molecule has 35 heavy (non-hydrogen) atoms. The molecule has 11 heteroatoms. The number of nitrogens with zero attached hydrogens (tertiary/aromatic N) is 7. The smallest absolute Gasteiger partial charge is 0.333 e. The van der Waals surface area contributed by atoms with Crippen LogP contribution in [0.4, 0.5) is 19.1 Å². The van der Waals surface area contributed by atoms with E-state index >= 15 is 0 Å². The van der Waals surface area contributed by atoms with E-state index in [0.29, 0.717) is 30.9 Å². The molecule has 0 saturated heterocycles. The van der Waals surface area contributed by atoms with E-state index < -0.39 is 11.9 Å². The largest absolute Gasteiger partial charge is 0.433 e. The molecule has 0 radical (unpaired) electrons. The topological polar surface area (TPSA) is 83.5 Å². The van der Waals surface area contributed by atoms with Gasteiger partial charge in [-0.1, -0.05) is 40.2 Å². The van der Waals surface area contributed by atoms with E-state index in [1.54, 1.807) is 23.4 Å². The van der Waals surface area contributed by atoms with Gasteiger partial charge in [-0.05, 0) is 47.9 Å². The van der Waals surface area contributed by atoms with Gasteiger partial charge in [-0.3, -0.25) is 0 Å². The molecule has 178 valence electrons. The van der Waals surface area contributed by atoms with E-state index in [1.807, 2.05) is 41.0 Å². The summed E-state index contributed by atoms with van der Waals surface area (Å²) in [5, 5.41) is 17.2. The van der Waals surface area contributed by atoms with Crippen LogP contribution in [0.15, 0.2) is 71.6 Å². The Balaban J connectivity index is 1.59. The maximum atomic E-state index is 13.3. The Morgan fingerprint density at radius 2 is 1.71 bits per heavy atom. The fraction of sp³-hybridized carbons (Fsp3) is 0.208. The molecule has 2 heterocycles. The molecule has 0 saturated carbocycles. The zero-order valence-corrected chi connectivity index (χ0v) is 19.9. The first-order valence-electron chi connectivity index (χ1n) is 10.6. The zero-order valence-electron chi connectivity index (χ0n) is 18.3. The van der Waals surface area contributed by atoms with Crippen molar-refractivity contribution in [1.29, 1.82) is 5.26 Å². The molecule has 0 fully saturated rings. The quantitative estimate of drug-likeness (QED) is 0.311. The molecule has 2 aromatic carbocycles. The predicted octanol–water partition coefficient (Wildman–Crippen LogP) is 5.02. The Kier molecular flexibility index (Phi) is 7.41. The first-order valence-corrected chi connectivity index (χ1v) is 11.4. The molecule has 0 unspecified atom stereocenters. The fourth-order valence-corrected chi connectivity index (χ4v) is 3.67. The minimum absolute atomic E-state index is 0.0372. The molecule has 0 amide bonds. The molecule has 0 bridgehead atoms. The maximum Gasteiger partial charge on any atom is 0.433 e. The van der Waals surface area contributed by atoms with Gasteiger partial charge in [-0.25, -0.2) is 9.97 Å². The van der Waals surface area contributed by atoms with Crippen molar-refractivity contribution in [2.75, 3.05) is 11.4 Å². The molecule has 4 rings (SSSR count). The number of rotatable bonds is 8. The highest BCUT2D eigenvalue weighted by atomic mass is 79.9. The average molecular weight is 542 g/mol. The second-order valence-corrected chi connectivity index (χ2v) is 8.64. The number of anilines is 1. The lowest BCUT2D eigenvalue weighted by Crippen LogP contribution is -2.29. The average Bonchev–Trinajstić information content (AvgIpc) is 3.29. The van der Waals surface area contributed by atoms with Crippen LogP contribution in [-0.4, -0.2) is 31.3 Å². The highest BCUT2D eigenvalue weighted by Crippen LogP contribution is 2.28. The van der Waals surface area contributed by atoms with Crippen molar-refractivity contribution in [3.05, 3.63) is 99.8 Å². The molecule has 0 spiro atoms. The minimum atomic E-state index is -4.58. The SMILES string of the molecule is N#Cc1ccc(Cn2cnnc2CN(CCc2ccc(Br)cc2)c2nccc(C(F)(F)F)n2)cc1. The summed E-state index contributed by atoms with van der Waals surface area (Å²) in [7, 11) is 0. The second-order valence-electron chi connectivity index (χ2n) is 7.72. The van der Waals surface area contributed by atoms with E-state index in [0.717, 1.165) is 27.9 Å². The van der Waals surface area contributed by atoms with Gasteiger partial charge in [-0.15, -0.1) is 10.2 Å². The van der Waals surface area contributed by atoms with Gasteiger partial charge >= 0.3 is 6.18 Å². The van der Waals surface area contributed by atoms with Crippen LogP contribution < -0.4 is 4.90 Å². The Labute approximate surface area is 208 Å². The minimum Gasteiger partial charge on any atom is -0.333 e. The van der Waals surface area contributed by atoms with Gasteiger partial charge in [0, 0.05) is 17.2 Å². The molecule has 0 aliphatic carbocycles. The first kappa shape index (κ1) is 24.3. The molecule has 7 nitrogen and oxygen atoms in total. The van der Waals surface area contributed by atoms with E-state index in [9.17, 15) is 13.2 Å². The van der Waals surface area contributed by atoms with Crippen molar-refractivity contribution in [3.8, 4) is 6.07 Å². The van der Waals surface area contributed by atoms with Crippen LogP contribution in [0.25, 0.3) is 0 Å². The van der Waals surface area contributed by atoms with Gasteiger partial charge in [0.15, 0.2) is 5.82 Å². The van der Waals surface area contributed by atoms with Crippen LogP contribution in [0.1, 0.15) is 28.2 Å². The van der Waals surface area contributed by atoms with Crippen molar-refractivity contribution in [3.63, 3.8) is 0 Å². The number of aromatic nitrogens is 5. The third-order valence-corrected chi connectivity index (χ3v) is 5.79. The third-order valence-electron chi connectivity index (χ3n) is 5.26. The van der Waals surface area contributed by atoms with Crippen molar-refractivity contribution in [1.82, 2.24) is 24.7 Å². The lowest BCUT2D eigenvalue weighted by atomic mass is 10.1. The molecular formula is C24H19BrF3N7. The summed E-state index contributed by atoms with van der Waals surface area (Å²) in [6, 6.07) is 17.8. The number of hydrogen-bond acceptors (Lipinski definition) is 6. The van der Waals surface area contributed by atoms with Gasteiger partial charge in [0.2, 0.25) is 5.95 Å². The molecule has 0 atom stereocenters. The van der Waals surface area contributed by atoms with Gasteiger partial charge in [0.05, 0.1) is 24.7 Å². The molecule has 0 aliphatic rings. The molecule has 0 N–H and O–H groups in total. The fourth-order valence-electron chi connectivity index (χ4n) is 3.41. The highest BCUT2D eigenvalue weighted by molar-refractivity contribution is 9.10. The Morgan fingerprint density at radius 1 is 1.00 bits per heavy atom. The highest BCUT2D eigenvalue weighted by Gasteiger charge is 2.33. The zero-order chi connectivity index (χ0) is 24.8. The Bertz CT molecular complexity index is 1310. The molecular weight excluding hydrogens is 523 g/mol. The van der Waals surface area contributed by atoms with E-state index in [-0.39, 0.29) is 12.5 Å². The lowest BCUT2D eigenvalue weighted by Gasteiger charge is -2.23. The summed E-state index contributed by atoms with van der Waals surface area (Å²) in [5.74, 6) is 0.510. The van der Waals surface area contributed by atoms with E-state index in [4.69, 9.17) is 5.26 Å². The van der Waals surface area contributed by atoms with Crippen LogP contribution in [0.5, 0.6) is 0 Å². The lowest BCUT2D eigenvalue weighted by molar-refractivity contribution is -0.141. The summed E-state index contributed by atoms with van der Waals surface area (Å²) in [5.41, 5.74) is 1.50. The number of nitriles is 1. The van der Waals surface area contributed by atoms with Gasteiger partial charge in [0.25, 0.3) is 0 Å². The Hall–Kier alpha value is -3.78. The van der Waals surface area contributed by atoms with Crippen LogP contribution in [0.2, 0.25) is 0 Å². The van der Waals surface area contributed by atoms with Crippen LogP contribution >= 0.6 is 15.9 Å². The van der Waals surface area contributed by atoms with E-state index in [2.05, 4.69) is 42.2 Å². The van der Waals surface area contributed by atoms with Crippen molar-refractivity contribution >= 4 is 21.9 Å². The van der Waals surface area contributed by atoms with Crippen LogP contribution in [0, 0.1) is 11.3 Å². The van der Waals surface area contributed by atoms with Crippen molar-refractivity contribution in [2.24, 2.45) is 0 Å². The summed E-state index contributed by atoms with van der Waals surface area (Å²) < 4.78 is 42.6. The van der Waals surface area contributed by atoms with E-state index in [1.165, 1.54) is 0 Å². The molecule has 4 aromatic rings. The number of benzene rings is 2. The number of hydrogen-bond donors (Lipinski definition) is 0.